The first kappa shape index (κ1) is 14.3. The van der Waals surface area contributed by atoms with Gasteiger partial charge < -0.3 is 30.6 Å². The molecular weight excluding hydrogens is 239 g/mol. The number of hydrogen-bond acceptors (Lipinski definition) is 6. The molecule has 0 saturated carbocycles. The Balaban J connectivity index is 4.30. The van der Waals surface area contributed by atoms with E-state index in [2.05, 4.69) is 0 Å². The van der Waals surface area contributed by atoms with Crippen molar-refractivity contribution in [2.75, 3.05) is 0 Å². The van der Waals surface area contributed by atoms with Crippen LogP contribution >= 0.6 is 23.2 Å². The van der Waals surface area contributed by atoms with Crippen LogP contribution < -0.4 is 0 Å². The van der Waals surface area contributed by atoms with Gasteiger partial charge in [-0.15, -0.1) is 0 Å². The molecule has 0 bridgehead atoms. The fourth-order valence-corrected chi connectivity index (χ4v) is 1.03. The Labute approximate surface area is 89.9 Å². The number of aliphatic hydroxyl groups excluding tert-OH is 6. The number of hydrogen-bond donors (Lipinski definition) is 6. The molecule has 0 aromatic rings. The lowest BCUT2D eigenvalue weighted by Gasteiger charge is -2.27. The molecule has 0 aromatic carbocycles. The van der Waals surface area contributed by atoms with E-state index >= 15 is 0 Å². The summed E-state index contributed by atoms with van der Waals surface area (Å²) in [6, 6.07) is 0. The zero-order valence-electron chi connectivity index (χ0n) is 6.90. The molecule has 0 aliphatic heterocycles. The summed E-state index contributed by atoms with van der Waals surface area (Å²) >= 11 is 10.0. The third kappa shape index (κ3) is 3.84. The molecule has 0 unspecified atom stereocenters. The van der Waals surface area contributed by atoms with Crippen molar-refractivity contribution in [1.29, 1.82) is 0 Å². The molecule has 14 heavy (non-hydrogen) atoms. The summed E-state index contributed by atoms with van der Waals surface area (Å²) in [7, 11) is 0. The van der Waals surface area contributed by atoms with Gasteiger partial charge in [0.25, 0.3) is 0 Å². The number of aliphatic hydroxyl groups is 6. The maximum absolute atomic E-state index is 9.10. The van der Waals surface area contributed by atoms with Crippen LogP contribution in [-0.4, -0.2) is 66.2 Å². The minimum Gasteiger partial charge on any atom is -0.387 e. The fraction of sp³-hybridized carbons (Fsp3) is 1.00. The van der Waals surface area contributed by atoms with Crippen LogP contribution in [0.4, 0.5) is 0 Å². The highest BCUT2D eigenvalue weighted by atomic mass is 35.5. The van der Waals surface area contributed by atoms with Crippen molar-refractivity contribution in [2.45, 2.75) is 35.5 Å². The van der Waals surface area contributed by atoms with Gasteiger partial charge in [0.15, 0.2) is 11.1 Å². The Morgan fingerprint density at radius 3 is 0.857 bits per heavy atom. The van der Waals surface area contributed by atoms with Gasteiger partial charge in [0.1, 0.15) is 24.4 Å². The molecule has 6 atom stereocenters. The normalized spacial score (nSPS) is 24.9. The quantitative estimate of drug-likeness (QED) is 0.301. The topological polar surface area (TPSA) is 121 Å². The van der Waals surface area contributed by atoms with Gasteiger partial charge in [-0.3, -0.25) is 0 Å². The van der Waals surface area contributed by atoms with Crippen LogP contribution in [0.2, 0.25) is 0 Å². The van der Waals surface area contributed by atoms with Crippen molar-refractivity contribution in [2.24, 2.45) is 0 Å². The largest absolute Gasteiger partial charge is 0.387 e. The first-order valence-electron chi connectivity index (χ1n) is 3.65. The van der Waals surface area contributed by atoms with Crippen molar-refractivity contribution in [3.8, 4) is 0 Å². The molecule has 0 rings (SSSR count). The number of alkyl halides is 2. The molecule has 6 nitrogen and oxygen atoms in total. The van der Waals surface area contributed by atoms with E-state index in [4.69, 9.17) is 53.8 Å². The number of halogens is 2. The third-order valence-electron chi connectivity index (χ3n) is 1.61. The minimum absolute atomic E-state index is 1.81. The van der Waals surface area contributed by atoms with E-state index in [9.17, 15) is 0 Å². The smallest absolute Gasteiger partial charge is 0.156 e. The summed E-state index contributed by atoms with van der Waals surface area (Å²) in [5, 5.41) is 53.4. The summed E-state index contributed by atoms with van der Waals surface area (Å²) in [4.78, 5) is 0. The molecule has 0 amide bonds. The van der Waals surface area contributed by atoms with E-state index < -0.39 is 35.5 Å². The Hall–Kier alpha value is 0.340. The molecule has 0 heterocycles. The fourth-order valence-electron chi connectivity index (χ4n) is 0.729. The second-order valence-corrected chi connectivity index (χ2v) is 3.60. The molecule has 0 aromatic heterocycles. The summed E-state index contributed by atoms with van der Waals surface area (Å²) in [5.74, 6) is 0. The monoisotopic (exact) mass is 250 g/mol. The zero-order chi connectivity index (χ0) is 11.5. The molecule has 8 heteroatoms. The second-order valence-electron chi connectivity index (χ2n) is 2.71. The first-order valence-corrected chi connectivity index (χ1v) is 4.53. The van der Waals surface area contributed by atoms with E-state index in [0.29, 0.717) is 0 Å². The van der Waals surface area contributed by atoms with Crippen LogP contribution in [0.1, 0.15) is 0 Å². The molecule has 0 radical (unpaired) electrons. The van der Waals surface area contributed by atoms with Crippen LogP contribution in [0.5, 0.6) is 0 Å². The van der Waals surface area contributed by atoms with Crippen molar-refractivity contribution < 1.29 is 30.6 Å². The lowest BCUT2D eigenvalue weighted by atomic mass is 10.0. The average Bonchev–Trinajstić information content (AvgIpc) is 2.12. The van der Waals surface area contributed by atoms with E-state index in [0.717, 1.165) is 0 Å². The van der Waals surface area contributed by atoms with Crippen LogP contribution in [0.3, 0.4) is 0 Å². The summed E-state index contributed by atoms with van der Waals surface area (Å²) in [6.07, 6.45) is -7.58. The third-order valence-corrected chi connectivity index (χ3v) is 2.13. The minimum atomic E-state index is -1.93. The Morgan fingerprint density at radius 2 is 0.714 bits per heavy atom. The maximum atomic E-state index is 9.10. The molecule has 0 spiro atoms. The summed E-state index contributed by atoms with van der Waals surface area (Å²) in [5.41, 5.74) is -3.61. The zero-order valence-corrected chi connectivity index (χ0v) is 8.42. The van der Waals surface area contributed by atoms with Gasteiger partial charge in [0.2, 0.25) is 0 Å². The van der Waals surface area contributed by atoms with E-state index in [1.54, 1.807) is 0 Å². The van der Waals surface area contributed by atoms with Crippen molar-refractivity contribution >= 4 is 23.2 Å². The highest BCUT2D eigenvalue weighted by Crippen LogP contribution is 2.13. The summed E-state index contributed by atoms with van der Waals surface area (Å²) < 4.78 is 0. The van der Waals surface area contributed by atoms with Crippen molar-refractivity contribution in [3.63, 3.8) is 0 Å². The molecule has 6 N–H and O–H groups in total. The van der Waals surface area contributed by atoms with Gasteiger partial charge in [-0.05, 0) is 0 Å². The molecule has 0 saturated heterocycles. The van der Waals surface area contributed by atoms with E-state index in [-0.39, 0.29) is 0 Å². The molecule has 0 fully saturated rings. The molecule has 86 valence electrons. The van der Waals surface area contributed by atoms with E-state index in [1.807, 2.05) is 0 Å². The molecular formula is C6H12Cl2O6. The lowest BCUT2D eigenvalue weighted by molar-refractivity contribution is -0.133. The van der Waals surface area contributed by atoms with Gasteiger partial charge in [0.05, 0.1) is 0 Å². The van der Waals surface area contributed by atoms with Crippen LogP contribution in [0.25, 0.3) is 0 Å². The predicted octanol–water partition coefficient (Wildman–Crippen LogP) is -2.46. The lowest BCUT2D eigenvalue weighted by Crippen LogP contribution is -2.50. The van der Waals surface area contributed by atoms with Gasteiger partial charge in [-0.2, -0.15) is 0 Å². The highest BCUT2D eigenvalue weighted by molar-refractivity contribution is 6.20. The van der Waals surface area contributed by atoms with Gasteiger partial charge in [-0.25, -0.2) is 0 Å². The molecule has 0 aliphatic rings. The summed E-state index contributed by atoms with van der Waals surface area (Å²) in [6.45, 7) is 0. The standard InChI is InChI=1S/C6H12Cl2O6/c7-5(13)3(11)1(9)2(10)4(12)6(8)14/h1-6,9-14H/t1-,2+,3-,4+,5+,6-. The SMILES string of the molecule is O[C@H]([C@H](O)[C@H](O)[C@@H](O)Cl)[C@@H](O)[C@H](O)Cl. The predicted molar refractivity (Wildman–Crippen MR) is 47.7 cm³/mol. The van der Waals surface area contributed by atoms with Crippen LogP contribution in [0.15, 0.2) is 0 Å². The maximum Gasteiger partial charge on any atom is 0.156 e. The Kier molecular flexibility index (Phi) is 6.19. The van der Waals surface area contributed by atoms with Gasteiger partial charge in [0, 0.05) is 0 Å². The van der Waals surface area contributed by atoms with Crippen LogP contribution in [0, 0.1) is 0 Å². The van der Waals surface area contributed by atoms with Crippen molar-refractivity contribution in [3.05, 3.63) is 0 Å². The van der Waals surface area contributed by atoms with Crippen LogP contribution in [-0.2, 0) is 0 Å². The molecule has 0 aliphatic carbocycles. The number of rotatable bonds is 5. The van der Waals surface area contributed by atoms with Crippen molar-refractivity contribution in [1.82, 2.24) is 0 Å². The Morgan fingerprint density at radius 1 is 0.500 bits per heavy atom. The van der Waals surface area contributed by atoms with Gasteiger partial charge in [-0.1, -0.05) is 23.2 Å². The first-order chi connectivity index (χ1) is 6.29. The Bertz CT molecular complexity index is 148. The van der Waals surface area contributed by atoms with Gasteiger partial charge >= 0.3 is 0 Å². The average molecular weight is 251 g/mol. The van der Waals surface area contributed by atoms with E-state index in [1.165, 1.54) is 0 Å². The second kappa shape index (κ2) is 6.04. The highest BCUT2D eigenvalue weighted by Gasteiger charge is 2.35.